The molecule has 0 aliphatic carbocycles. The van der Waals surface area contributed by atoms with Crippen molar-refractivity contribution in [1.29, 1.82) is 0 Å². The molecule has 2 aliphatic rings. The van der Waals surface area contributed by atoms with Gasteiger partial charge in [0.15, 0.2) is 0 Å². The summed E-state index contributed by atoms with van der Waals surface area (Å²) in [5.74, 6) is 0.199. The number of hydrogen-bond donors (Lipinski definition) is 0. The second kappa shape index (κ2) is 8.25. The molecule has 0 bridgehead atoms. The van der Waals surface area contributed by atoms with Crippen LogP contribution in [0.5, 0.6) is 0 Å². The number of ether oxygens (including phenoxy) is 1. The monoisotopic (exact) mass is 368 g/mol. The molecule has 0 spiro atoms. The molecule has 2 aromatic carbocycles. The maximum absolute atomic E-state index is 12.9. The lowest BCUT2D eigenvalue weighted by molar-refractivity contribution is -0.127. The molecule has 2 aromatic rings. The SMILES string of the molecule is O=C1Cc2ccccc2SN1C(CCN1CCOCC1)c1ccccc1. The highest BCUT2D eigenvalue weighted by atomic mass is 32.2. The normalized spacial score (nSPS) is 19.2. The van der Waals surface area contributed by atoms with Crippen LogP contribution in [0.15, 0.2) is 59.5 Å². The Morgan fingerprint density at radius 1 is 1.00 bits per heavy atom. The maximum Gasteiger partial charge on any atom is 0.237 e. The van der Waals surface area contributed by atoms with Crippen molar-refractivity contribution in [3.05, 3.63) is 65.7 Å². The Labute approximate surface area is 159 Å². The molecule has 1 fully saturated rings. The van der Waals surface area contributed by atoms with E-state index in [2.05, 4.69) is 41.3 Å². The Balaban J connectivity index is 1.55. The van der Waals surface area contributed by atoms with Gasteiger partial charge in [0.2, 0.25) is 5.91 Å². The molecule has 136 valence electrons. The van der Waals surface area contributed by atoms with Crippen molar-refractivity contribution >= 4 is 17.9 Å². The molecular formula is C21H24N2O2S. The fraction of sp³-hybridized carbons (Fsp3) is 0.381. The summed E-state index contributed by atoms with van der Waals surface area (Å²) < 4.78 is 7.45. The average Bonchev–Trinajstić information content (AvgIpc) is 2.70. The second-order valence-electron chi connectivity index (χ2n) is 6.76. The van der Waals surface area contributed by atoms with Gasteiger partial charge in [0.1, 0.15) is 0 Å². The van der Waals surface area contributed by atoms with E-state index in [1.54, 1.807) is 11.9 Å². The smallest absolute Gasteiger partial charge is 0.237 e. The summed E-state index contributed by atoms with van der Waals surface area (Å²) in [6.07, 6.45) is 1.43. The predicted octanol–water partition coefficient (Wildman–Crippen LogP) is 3.54. The van der Waals surface area contributed by atoms with E-state index in [9.17, 15) is 4.79 Å². The number of fused-ring (bicyclic) bond motifs is 1. The van der Waals surface area contributed by atoms with Crippen LogP contribution in [-0.2, 0) is 16.0 Å². The molecule has 0 radical (unpaired) electrons. The Hall–Kier alpha value is -1.82. The minimum Gasteiger partial charge on any atom is -0.379 e. The minimum absolute atomic E-state index is 0.0879. The van der Waals surface area contributed by atoms with Crippen molar-refractivity contribution < 1.29 is 9.53 Å². The summed E-state index contributed by atoms with van der Waals surface area (Å²) in [4.78, 5) is 16.5. The summed E-state index contributed by atoms with van der Waals surface area (Å²) in [7, 11) is 0. The van der Waals surface area contributed by atoms with E-state index in [0.717, 1.165) is 44.8 Å². The van der Waals surface area contributed by atoms with Crippen molar-refractivity contribution in [2.75, 3.05) is 32.8 Å². The zero-order valence-corrected chi connectivity index (χ0v) is 15.7. The number of morpholine rings is 1. The quantitative estimate of drug-likeness (QED) is 0.756. The van der Waals surface area contributed by atoms with Gasteiger partial charge in [0.05, 0.1) is 25.7 Å². The van der Waals surface area contributed by atoms with E-state index in [4.69, 9.17) is 4.74 Å². The molecule has 1 saturated heterocycles. The molecule has 0 aromatic heterocycles. The molecule has 0 N–H and O–H groups in total. The Morgan fingerprint density at radius 3 is 2.54 bits per heavy atom. The lowest BCUT2D eigenvalue weighted by atomic mass is 10.0. The van der Waals surface area contributed by atoms with Crippen molar-refractivity contribution in [2.45, 2.75) is 23.8 Å². The van der Waals surface area contributed by atoms with Crippen LogP contribution in [0, 0.1) is 0 Å². The number of rotatable bonds is 5. The van der Waals surface area contributed by atoms with Crippen LogP contribution in [0.3, 0.4) is 0 Å². The van der Waals surface area contributed by atoms with Gasteiger partial charge in [-0.2, -0.15) is 0 Å². The number of hydrogen-bond acceptors (Lipinski definition) is 4. The lowest BCUT2D eigenvalue weighted by Crippen LogP contribution is -2.39. The fourth-order valence-electron chi connectivity index (χ4n) is 3.60. The highest BCUT2D eigenvalue weighted by molar-refractivity contribution is 7.97. The maximum atomic E-state index is 12.9. The summed E-state index contributed by atoms with van der Waals surface area (Å²) in [5.41, 5.74) is 2.35. The van der Waals surface area contributed by atoms with E-state index >= 15 is 0 Å². The molecule has 1 unspecified atom stereocenters. The first-order chi connectivity index (χ1) is 12.8. The Kier molecular flexibility index (Phi) is 5.58. The van der Waals surface area contributed by atoms with Crippen LogP contribution in [0.2, 0.25) is 0 Å². The van der Waals surface area contributed by atoms with Crippen LogP contribution in [0.25, 0.3) is 0 Å². The van der Waals surface area contributed by atoms with Crippen molar-refractivity contribution in [2.24, 2.45) is 0 Å². The number of carbonyl (C=O) groups is 1. The second-order valence-corrected chi connectivity index (χ2v) is 7.78. The molecule has 1 amide bonds. The summed E-state index contributed by atoms with van der Waals surface area (Å²) in [5, 5.41) is 0. The third-order valence-electron chi connectivity index (χ3n) is 5.05. The van der Waals surface area contributed by atoms with Gasteiger partial charge in [-0.25, -0.2) is 0 Å². The molecule has 1 atom stereocenters. The first-order valence-electron chi connectivity index (χ1n) is 9.24. The summed E-state index contributed by atoms with van der Waals surface area (Å²) >= 11 is 1.60. The van der Waals surface area contributed by atoms with E-state index in [1.807, 2.05) is 22.5 Å². The van der Waals surface area contributed by atoms with Gasteiger partial charge in [-0.3, -0.25) is 14.0 Å². The fourth-order valence-corrected chi connectivity index (χ4v) is 4.73. The van der Waals surface area contributed by atoms with Gasteiger partial charge in [-0.1, -0.05) is 48.5 Å². The molecule has 4 rings (SSSR count). The van der Waals surface area contributed by atoms with E-state index in [1.165, 1.54) is 10.5 Å². The van der Waals surface area contributed by atoms with Crippen molar-refractivity contribution in [3.63, 3.8) is 0 Å². The largest absolute Gasteiger partial charge is 0.379 e. The highest BCUT2D eigenvalue weighted by Crippen LogP contribution is 2.40. The van der Waals surface area contributed by atoms with Crippen LogP contribution in [-0.4, -0.2) is 48.0 Å². The zero-order chi connectivity index (χ0) is 17.8. The lowest BCUT2D eigenvalue weighted by Gasteiger charge is -2.36. The number of amides is 1. The number of carbonyl (C=O) groups excluding carboxylic acids is 1. The van der Waals surface area contributed by atoms with Crippen LogP contribution in [0.1, 0.15) is 23.6 Å². The molecule has 26 heavy (non-hydrogen) atoms. The van der Waals surface area contributed by atoms with Crippen molar-refractivity contribution in [3.8, 4) is 0 Å². The standard InChI is InChI=1S/C21H24N2O2S/c24-21-16-18-8-4-5-9-20(18)26-23(21)19(17-6-2-1-3-7-17)10-11-22-12-14-25-15-13-22/h1-9,19H,10-16H2. The summed E-state index contributed by atoms with van der Waals surface area (Å²) in [6, 6.07) is 18.7. The third kappa shape index (κ3) is 3.95. The van der Waals surface area contributed by atoms with Crippen LogP contribution in [0.4, 0.5) is 0 Å². The topological polar surface area (TPSA) is 32.8 Å². The predicted molar refractivity (Wildman–Crippen MR) is 104 cm³/mol. The Morgan fingerprint density at radius 2 is 1.73 bits per heavy atom. The zero-order valence-electron chi connectivity index (χ0n) is 14.8. The van der Waals surface area contributed by atoms with Gasteiger partial charge < -0.3 is 4.74 Å². The van der Waals surface area contributed by atoms with Gasteiger partial charge in [-0.15, -0.1) is 0 Å². The van der Waals surface area contributed by atoms with Crippen molar-refractivity contribution in [1.82, 2.24) is 9.21 Å². The first-order valence-corrected chi connectivity index (χ1v) is 10.0. The number of benzene rings is 2. The van der Waals surface area contributed by atoms with Crippen LogP contribution >= 0.6 is 11.9 Å². The van der Waals surface area contributed by atoms with E-state index in [-0.39, 0.29) is 11.9 Å². The molecule has 0 saturated carbocycles. The molecule has 2 heterocycles. The molecular weight excluding hydrogens is 344 g/mol. The van der Waals surface area contributed by atoms with Crippen LogP contribution < -0.4 is 0 Å². The van der Waals surface area contributed by atoms with Gasteiger partial charge >= 0.3 is 0 Å². The van der Waals surface area contributed by atoms with Gasteiger partial charge in [0, 0.05) is 24.5 Å². The first kappa shape index (κ1) is 17.6. The van der Waals surface area contributed by atoms with E-state index < -0.39 is 0 Å². The molecule has 2 aliphatic heterocycles. The number of nitrogens with zero attached hydrogens (tertiary/aromatic N) is 2. The van der Waals surface area contributed by atoms with Gasteiger partial charge in [-0.05, 0) is 35.6 Å². The van der Waals surface area contributed by atoms with Gasteiger partial charge in [0.25, 0.3) is 0 Å². The third-order valence-corrected chi connectivity index (χ3v) is 6.30. The Bertz CT molecular complexity index is 747. The minimum atomic E-state index is 0.0879. The highest BCUT2D eigenvalue weighted by Gasteiger charge is 2.31. The average molecular weight is 369 g/mol. The molecule has 5 heteroatoms. The molecule has 4 nitrogen and oxygen atoms in total. The van der Waals surface area contributed by atoms with E-state index in [0.29, 0.717) is 6.42 Å². The summed E-state index contributed by atoms with van der Waals surface area (Å²) in [6.45, 7) is 4.55.